The summed E-state index contributed by atoms with van der Waals surface area (Å²) in [6, 6.07) is 52.0. The van der Waals surface area contributed by atoms with Crippen molar-refractivity contribution in [1.29, 1.82) is 0 Å². The van der Waals surface area contributed by atoms with Gasteiger partial charge in [-0.25, -0.2) is 0 Å². The van der Waals surface area contributed by atoms with Crippen molar-refractivity contribution < 1.29 is 21.3 Å². The smallest absolute Gasteiger partial charge is 0.147 e. The summed E-state index contributed by atoms with van der Waals surface area (Å²) in [5, 5.41) is 0. The zero-order valence-corrected chi connectivity index (χ0v) is 44.5. The van der Waals surface area contributed by atoms with Crippen molar-refractivity contribution in [3.05, 3.63) is 199 Å². The molecule has 0 bridgehead atoms. The minimum absolute atomic E-state index is 0. The molecule has 8 rings (SSSR count). The number of hydrogen-bond donors (Lipinski definition) is 0. The predicted molar refractivity (Wildman–Crippen MR) is 281 cm³/mol. The van der Waals surface area contributed by atoms with Crippen molar-refractivity contribution in [2.45, 2.75) is 128 Å². The molecule has 0 fully saturated rings. The Balaban J connectivity index is 0.00000340. The van der Waals surface area contributed by atoms with Crippen LogP contribution in [-0.2, 0) is 55.8 Å². The van der Waals surface area contributed by atoms with Gasteiger partial charge in [0.25, 0.3) is 0 Å². The van der Waals surface area contributed by atoms with E-state index in [1.165, 1.54) is 66.8 Å². The first kappa shape index (κ1) is 49.6. The third-order valence-electron chi connectivity index (χ3n) is 13.3. The molecule has 2 aliphatic carbocycles. The first-order chi connectivity index (χ1) is 29.3. The molecule has 2 aliphatic rings. The number of hydrogen-bond acceptors (Lipinski definition) is 0. The molecule has 0 aromatic heterocycles. The van der Waals surface area contributed by atoms with E-state index in [1.807, 2.05) is 0 Å². The van der Waals surface area contributed by atoms with Gasteiger partial charge in [0.1, 0.15) is 0 Å². The zero-order valence-electron chi connectivity index (χ0n) is 40.4. The maximum absolute atomic E-state index is 2.89. The Labute approximate surface area is 406 Å². The molecule has 0 spiro atoms. The van der Waals surface area contributed by atoms with Gasteiger partial charge in [0.15, 0.2) is 0 Å². The van der Waals surface area contributed by atoms with Gasteiger partial charge in [-0.05, 0) is 0 Å². The summed E-state index contributed by atoms with van der Waals surface area (Å²) in [4.78, 5) is 0. The van der Waals surface area contributed by atoms with Gasteiger partial charge in [-0.15, -0.1) is 24.8 Å². The fourth-order valence-corrected chi connectivity index (χ4v) is 19.5. The quantitative estimate of drug-likeness (QED) is 0.143. The van der Waals surface area contributed by atoms with Crippen LogP contribution in [0, 0.1) is 0 Å². The van der Waals surface area contributed by atoms with E-state index >= 15 is 0 Å². The summed E-state index contributed by atoms with van der Waals surface area (Å²) in [5.74, 6) is 0. The van der Waals surface area contributed by atoms with Gasteiger partial charge in [0.2, 0.25) is 0 Å². The number of allylic oxidation sites excluding steroid dienone is 4. The van der Waals surface area contributed by atoms with Crippen molar-refractivity contribution in [1.82, 2.24) is 0 Å². The number of fused-ring (bicyclic) bond motifs is 3. The summed E-state index contributed by atoms with van der Waals surface area (Å²) < 4.78 is 3.81. The predicted octanol–water partition coefficient (Wildman–Crippen LogP) is 17.2. The third kappa shape index (κ3) is 10.1. The Hall–Kier alpha value is -3.87. The summed E-state index contributed by atoms with van der Waals surface area (Å²) in [5.41, 5.74) is 20.0. The molecule has 6 aromatic rings. The maximum atomic E-state index is 2.72. The second-order valence-corrected chi connectivity index (χ2v) is 28.9. The van der Waals surface area contributed by atoms with Crippen LogP contribution in [0.4, 0.5) is 0 Å². The summed E-state index contributed by atoms with van der Waals surface area (Å²) in [7, 11) is 0. The van der Waals surface area contributed by atoms with E-state index in [2.05, 4.69) is 235 Å². The van der Waals surface area contributed by atoms with Gasteiger partial charge >= 0.3 is 385 Å². The number of benzene rings is 6. The van der Waals surface area contributed by atoms with E-state index in [1.54, 1.807) is 17.6 Å². The van der Waals surface area contributed by atoms with Crippen molar-refractivity contribution in [3.63, 3.8) is 0 Å². The first-order valence-electron chi connectivity index (χ1n) is 23.0. The molecule has 0 N–H and O–H groups in total. The maximum Gasteiger partial charge on any atom is -0.147 e. The van der Waals surface area contributed by atoms with Crippen LogP contribution < -0.4 is 0 Å². The van der Waals surface area contributed by atoms with E-state index in [0.29, 0.717) is 3.63 Å². The second-order valence-electron chi connectivity index (χ2n) is 22.2. The molecule has 0 atom stereocenters. The zero-order chi connectivity index (χ0) is 44.2. The van der Waals surface area contributed by atoms with Crippen LogP contribution in [-0.4, -0.2) is 3.21 Å². The van der Waals surface area contributed by atoms with Gasteiger partial charge in [-0.3, -0.25) is 0 Å². The average molecular weight is 965 g/mol. The van der Waals surface area contributed by atoms with Crippen LogP contribution in [0.2, 0.25) is 0 Å². The molecule has 0 amide bonds. The van der Waals surface area contributed by atoms with E-state index in [0.717, 1.165) is 19.3 Å². The topological polar surface area (TPSA) is 0 Å². The van der Waals surface area contributed by atoms with Gasteiger partial charge < -0.3 is 0 Å². The Morgan fingerprint density at radius 3 is 1.17 bits per heavy atom. The van der Waals surface area contributed by atoms with Crippen molar-refractivity contribution in [3.8, 4) is 33.4 Å². The first-order valence-corrected chi connectivity index (χ1v) is 26.9. The minimum Gasteiger partial charge on any atom is -0.147 e. The summed E-state index contributed by atoms with van der Waals surface area (Å²) in [6.45, 7) is 28.7. The van der Waals surface area contributed by atoms with Crippen molar-refractivity contribution >= 4 is 28.0 Å². The van der Waals surface area contributed by atoms with Crippen LogP contribution in [0.15, 0.2) is 155 Å². The molecule has 332 valence electrons. The fourth-order valence-electron chi connectivity index (χ4n) is 10.3. The van der Waals surface area contributed by atoms with Crippen LogP contribution in [0.5, 0.6) is 0 Å². The molecule has 0 saturated carbocycles. The Bertz CT molecular complexity index is 2550. The number of rotatable bonds is 8. The second kappa shape index (κ2) is 19.2. The molecular weight excluding hydrogens is 895 g/mol. The molecule has 0 aliphatic heterocycles. The van der Waals surface area contributed by atoms with Crippen LogP contribution >= 0.6 is 24.8 Å². The minimum atomic E-state index is -2.89. The molecule has 3 heteroatoms. The normalized spacial score (nSPS) is 13.7. The standard InChI is InChI=1S/C41H49.C15H14.C5H5.2ClH.Zr/c1-38(2,3)34-19-15-13-17-28(34)32-22-26-21-27-23-33(29-18-14-16-20-35(29)39(4,5)6)37(41(10,11)12)25-31(27)30(26)24-36(32)40(7,8)9;1-3-8-14(9-4-1)12-7-13-15-10-5-2-6-11-15;1-2-4-5-3-1;;;/h13-25H,1-12H3;1-6,8-11H,12-13H2;1-3H,4H2;2*1H;. The van der Waals surface area contributed by atoms with Crippen LogP contribution in [0.25, 0.3) is 33.4 Å². The van der Waals surface area contributed by atoms with Gasteiger partial charge in [0, 0.05) is 0 Å². The third-order valence-corrected chi connectivity index (χ3v) is 21.6. The summed E-state index contributed by atoms with van der Waals surface area (Å²) >= 11 is -2.89. The average Bonchev–Trinajstić information content (AvgIpc) is 3.86. The van der Waals surface area contributed by atoms with E-state index in [9.17, 15) is 0 Å². The van der Waals surface area contributed by atoms with E-state index in [-0.39, 0.29) is 46.5 Å². The van der Waals surface area contributed by atoms with Crippen LogP contribution in [0.3, 0.4) is 0 Å². The van der Waals surface area contributed by atoms with Crippen LogP contribution in [0.1, 0.15) is 138 Å². The van der Waals surface area contributed by atoms with E-state index in [4.69, 9.17) is 0 Å². The molecule has 0 heterocycles. The van der Waals surface area contributed by atoms with Gasteiger partial charge in [0.05, 0.1) is 0 Å². The molecule has 64 heavy (non-hydrogen) atoms. The van der Waals surface area contributed by atoms with Crippen molar-refractivity contribution in [2.75, 3.05) is 0 Å². The summed E-state index contributed by atoms with van der Waals surface area (Å²) in [6.07, 6.45) is 10.4. The van der Waals surface area contributed by atoms with Gasteiger partial charge in [-0.2, -0.15) is 0 Å². The fraction of sp³-hybridized carbons (Fsp3) is 0.328. The molecule has 0 unspecified atom stereocenters. The molecule has 0 radical (unpaired) electrons. The Morgan fingerprint density at radius 2 is 0.812 bits per heavy atom. The molecule has 0 nitrogen and oxygen atoms in total. The molecular formula is C61H70Cl2Zr. The SMILES string of the molecule is CC(C)(C)c1ccccc1-c1cc2c(cc1C(C)(C)C)-c1cc(C(C)(C)C)c(-c3ccccc3C(C)(C)C)cc1[CH]2[Zr]([C]1=CC=CC1)=[C](Cc1ccccc1)Cc1ccccc1.Cl.Cl. The Morgan fingerprint density at radius 1 is 0.438 bits per heavy atom. The Kier molecular flexibility index (Phi) is 14.8. The monoisotopic (exact) mass is 962 g/mol. The molecule has 6 aromatic carbocycles. The largest absolute Gasteiger partial charge is 0.147 e. The van der Waals surface area contributed by atoms with E-state index < -0.39 is 21.3 Å². The number of halogens is 2. The van der Waals surface area contributed by atoms with Gasteiger partial charge in [-0.1, -0.05) is 0 Å². The molecule has 0 saturated heterocycles. The van der Waals surface area contributed by atoms with Crippen molar-refractivity contribution in [2.24, 2.45) is 0 Å².